The van der Waals surface area contributed by atoms with Crippen molar-refractivity contribution in [3.63, 3.8) is 0 Å². The van der Waals surface area contributed by atoms with E-state index in [9.17, 15) is 24.3 Å². The maximum absolute atomic E-state index is 15.3. The first-order chi connectivity index (χ1) is 17.7. The van der Waals surface area contributed by atoms with Crippen molar-refractivity contribution in [3.05, 3.63) is 57.9 Å². The molecule has 194 valence electrons. The molecule has 0 unspecified atom stereocenters. The van der Waals surface area contributed by atoms with Crippen LogP contribution in [0.1, 0.15) is 30.1 Å². The highest BCUT2D eigenvalue weighted by Gasteiger charge is 2.34. The SMILES string of the molecule is CC(=O)CC[C@H]1CN(c2cc(F)c(N3CCn4c(=O)c5cccc(C(=O)O)c5n4CC3)c(F)c2)C(=O)O1. The number of rotatable bonds is 6. The van der Waals surface area contributed by atoms with Gasteiger partial charge in [-0.05, 0) is 25.5 Å². The minimum Gasteiger partial charge on any atom is -0.478 e. The quantitative estimate of drug-likeness (QED) is 0.538. The third kappa shape index (κ3) is 4.32. The Hall–Kier alpha value is -4.22. The Morgan fingerprint density at radius 2 is 1.73 bits per heavy atom. The van der Waals surface area contributed by atoms with Crippen molar-refractivity contribution in [2.24, 2.45) is 0 Å². The Balaban J connectivity index is 1.40. The molecular formula is C25H24F2N4O6. The number of aromatic carboxylic acids is 1. The number of ether oxygens (including phenoxy) is 1. The number of para-hydroxylation sites is 1. The lowest BCUT2D eigenvalue weighted by Gasteiger charge is -2.24. The summed E-state index contributed by atoms with van der Waals surface area (Å²) < 4.78 is 38.7. The van der Waals surface area contributed by atoms with Crippen LogP contribution in [-0.4, -0.2) is 58.1 Å². The number of fused-ring (bicyclic) bond motifs is 3. The van der Waals surface area contributed by atoms with Crippen LogP contribution in [0.25, 0.3) is 10.9 Å². The van der Waals surface area contributed by atoms with Gasteiger partial charge in [0.1, 0.15) is 17.6 Å². The molecule has 5 rings (SSSR count). The van der Waals surface area contributed by atoms with Crippen molar-refractivity contribution < 1.29 is 33.0 Å². The van der Waals surface area contributed by atoms with Crippen LogP contribution in [0.5, 0.6) is 0 Å². The fourth-order valence-corrected chi connectivity index (χ4v) is 5.01. The first-order valence-corrected chi connectivity index (χ1v) is 11.8. The van der Waals surface area contributed by atoms with E-state index in [0.29, 0.717) is 6.42 Å². The van der Waals surface area contributed by atoms with E-state index in [0.717, 1.165) is 17.0 Å². The Labute approximate surface area is 209 Å². The summed E-state index contributed by atoms with van der Waals surface area (Å²) in [5.74, 6) is -2.99. The van der Waals surface area contributed by atoms with E-state index in [1.807, 2.05) is 0 Å². The summed E-state index contributed by atoms with van der Waals surface area (Å²) in [7, 11) is 0. The number of nitrogens with zero attached hydrogens (tertiary/aromatic N) is 4. The summed E-state index contributed by atoms with van der Waals surface area (Å²) in [5.41, 5.74) is -0.426. The lowest BCUT2D eigenvalue weighted by Crippen LogP contribution is -2.30. The van der Waals surface area contributed by atoms with Crippen LogP contribution in [0.15, 0.2) is 35.1 Å². The minimum atomic E-state index is -1.18. The molecule has 2 aliphatic rings. The first kappa shape index (κ1) is 24.5. The second-order valence-corrected chi connectivity index (χ2v) is 9.16. The number of hydrogen-bond acceptors (Lipinski definition) is 6. The van der Waals surface area contributed by atoms with E-state index in [-0.39, 0.29) is 78.3 Å². The van der Waals surface area contributed by atoms with Crippen molar-refractivity contribution in [3.8, 4) is 0 Å². The van der Waals surface area contributed by atoms with Gasteiger partial charge in [-0.1, -0.05) is 6.07 Å². The summed E-state index contributed by atoms with van der Waals surface area (Å²) in [6, 6.07) is 6.59. The Morgan fingerprint density at radius 1 is 1.05 bits per heavy atom. The van der Waals surface area contributed by atoms with Gasteiger partial charge in [0.2, 0.25) is 0 Å². The number of carboxylic acid groups (broad SMARTS) is 1. The average Bonchev–Trinajstić information content (AvgIpc) is 3.25. The average molecular weight is 514 g/mol. The molecule has 10 nitrogen and oxygen atoms in total. The largest absolute Gasteiger partial charge is 0.478 e. The molecule has 1 aromatic heterocycles. The van der Waals surface area contributed by atoms with Gasteiger partial charge in [0.15, 0.2) is 11.6 Å². The highest BCUT2D eigenvalue weighted by molar-refractivity contribution is 6.02. The van der Waals surface area contributed by atoms with E-state index in [2.05, 4.69) is 0 Å². The lowest BCUT2D eigenvalue weighted by molar-refractivity contribution is -0.117. The summed E-state index contributed by atoms with van der Waals surface area (Å²) in [6.07, 6.45) is -0.731. The maximum atomic E-state index is 15.3. The zero-order valence-corrected chi connectivity index (χ0v) is 19.9. The number of carbonyl (C=O) groups is 3. The molecule has 3 aromatic rings. The maximum Gasteiger partial charge on any atom is 0.414 e. The van der Waals surface area contributed by atoms with Gasteiger partial charge in [-0.3, -0.25) is 14.4 Å². The van der Waals surface area contributed by atoms with Gasteiger partial charge in [0.05, 0.1) is 41.8 Å². The van der Waals surface area contributed by atoms with Crippen LogP contribution in [0.3, 0.4) is 0 Å². The molecule has 2 aliphatic heterocycles. The fraction of sp³-hybridized carbons (Fsp3) is 0.360. The number of carboxylic acids is 1. The Bertz CT molecular complexity index is 1470. The van der Waals surface area contributed by atoms with Crippen LogP contribution in [0.2, 0.25) is 0 Å². The number of amides is 1. The second-order valence-electron chi connectivity index (χ2n) is 9.16. The topological polar surface area (TPSA) is 114 Å². The predicted octanol–water partition coefficient (Wildman–Crippen LogP) is 2.99. The molecule has 1 saturated heterocycles. The molecule has 1 fully saturated rings. The number of benzene rings is 2. The molecule has 2 aromatic carbocycles. The van der Waals surface area contributed by atoms with Crippen molar-refractivity contribution >= 4 is 40.1 Å². The van der Waals surface area contributed by atoms with Gasteiger partial charge in [-0.15, -0.1) is 0 Å². The molecule has 0 aliphatic carbocycles. The van der Waals surface area contributed by atoms with Crippen LogP contribution < -0.4 is 15.4 Å². The number of carbonyl (C=O) groups excluding carboxylic acids is 2. The second kappa shape index (κ2) is 9.34. The van der Waals surface area contributed by atoms with Crippen molar-refractivity contribution in [2.45, 2.75) is 39.0 Å². The van der Waals surface area contributed by atoms with Crippen LogP contribution in [0, 0.1) is 11.6 Å². The van der Waals surface area contributed by atoms with Gasteiger partial charge >= 0.3 is 12.1 Å². The number of Topliss-reactive ketones (excluding diaryl/α,β-unsaturated/α-hetero) is 1. The van der Waals surface area contributed by atoms with Gasteiger partial charge in [-0.25, -0.2) is 23.1 Å². The van der Waals surface area contributed by atoms with Crippen molar-refractivity contribution in [2.75, 3.05) is 29.4 Å². The highest BCUT2D eigenvalue weighted by atomic mass is 19.1. The molecule has 1 N–H and O–H groups in total. The number of aromatic nitrogens is 2. The summed E-state index contributed by atoms with van der Waals surface area (Å²) in [6.45, 7) is 1.94. The zero-order valence-electron chi connectivity index (χ0n) is 19.9. The predicted molar refractivity (Wildman–Crippen MR) is 129 cm³/mol. The lowest BCUT2D eigenvalue weighted by atomic mass is 10.1. The Kier molecular flexibility index (Phi) is 6.18. The number of ketones is 1. The third-order valence-corrected chi connectivity index (χ3v) is 6.77. The molecule has 37 heavy (non-hydrogen) atoms. The van der Waals surface area contributed by atoms with E-state index in [4.69, 9.17) is 4.74 Å². The summed E-state index contributed by atoms with van der Waals surface area (Å²) >= 11 is 0. The summed E-state index contributed by atoms with van der Waals surface area (Å²) in [5, 5.41) is 9.86. The number of anilines is 2. The normalized spacial score (nSPS) is 17.6. The molecule has 0 spiro atoms. The molecule has 0 bridgehead atoms. The van der Waals surface area contributed by atoms with Crippen LogP contribution >= 0.6 is 0 Å². The number of hydrogen-bond donors (Lipinski definition) is 1. The van der Waals surface area contributed by atoms with Gasteiger partial charge in [0.25, 0.3) is 5.56 Å². The number of cyclic esters (lactones) is 1. The first-order valence-electron chi connectivity index (χ1n) is 11.8. The molecule has 0 saturated carbocycles. The zero-order chi connectivity index (χ0) is 26.4. The van der Waals surface area contributed by atoms with E-state index >= 15 is 8.78 Å². The van der Waals surface area contributed by atoms with E-state index < -0.39 is 29.8 Å². The molecular weight excluding hydrogens is 490 g/mol. The molecule has 0 radical (unpaired) electrons. The summed E-state index contributed by atoms with van der Waals surface area (Å²) in [4.78, 5) is 50.7. The van der Waals surface area contributed by atoms with Crippen LogP contribution in [0.4, 0.5) is 25.0 Å². The van der Waals surface area contributed by atoms with E-state index in [1.54, 1.807) is 10.7 Å². The van der Waals surface area contributed by atoms with Gasteiger partial charge < -0.3 is 19.5 Å². The Morgan fingerprint density at radius 3 is 2.38 bits per heavy atom. The van der Waals surface area contributed by atoms with Gasteiger partial charge in [-0.2, -0.15) is 0 Å². The fourth-order valence-electron chi connectivity index (χ4n) is 5.01. The molecule has 12 heteroatoms. The highest BCUT2D eigenvalue weighted by Crippen LogP contribution is 2.32. The number of halogens is 2. The minimum absolute atomic E-state index is 0.00321. The monoisotopic (exact) mass is 514 g/mol. The smallest absolute Gasteiger partial charge is 0.414 e. The van der Waals surface area contributed by atoms with Crippen molar-refractivity contribution in [1.82, 2.24) is 9.36 Å². The molecule has 3 heterocycles. The van der Waals surface area contributed by atoms with E-state index in [1.165, 1.54) is 28.6 Å². The van der Waals surface area contributed by atoms with Gasteiger partial charge in [0, 0.05) is 31.6 Å². The third-order valence-electron chi connectivity index (χ3n) is 6.77. The standard InChI is InChI=1S/C25H24F2N4O6/c1-14(32)5-6-16-13-29(25(36)37-16)15-11-19(26)22(20(27)12-15)28-7-9-30-21-17(23(33)31(30)10-8-28)3-2-4-18(21)24(34)35/h2-4,11-12,16H,5-10,13H2,1H3,(H,34,35)/t16-/m0/s1. The molecule has 1 atom stereocenters. The van der Waals surface area contributed by atoms with Crippen molar-refractivity contribution in [1.29, 1.82) is 0 Å². The van der Waals surface area contributed by atoms with Crippen LogP contribution in [-0.2, 0) is 22.6 Å². The molecule has 1 amide bonds.